The van der Waals surface area contributed by atoms with Crippen molar-refractivity contribution in [3.8, 4) is 0 Å². The Kier molecular flexibility index (Phi) is 2.51. The van der Waals surface area contributed by atoms with Crippen LogP contribution in [0.2, 0.25) is 0 Å². The van der Waals surface area contributed by atoms with E-state index in [9.17, 15) is 4.79 Å². The lowest BCUT2D eigenvalue weighted by molar-refractivity contribution is -0.124. The monoisotopic (exact) mass is 255 g/mol. The van der Waals surface area contributed by atoms with Crippen LogP contribution in [0.25, 0.3) is 0 Å². The predicted molar refractivity (Wildman–Crippen MR) is 76.4 cm³/mol. The van der Waals surface area contributed by atoms with Gasteiger partial charge in [0.15, 0.2) is 0 Å². The molecule has 0 aromatic heterocycles. The highest BCUT2D eigenvalue weighted by atomic mass is 16.1. The molecule has 0 unspecified atom stereocenters. The maximum absolute atomic E-state index is 12.4. The highest BCUT2D eigenvalue weighted by molar-refractivity contribution is 6.11. The normalized spacial score (nSPS) is 35.0. The molecule has 0 bridgehead atoms. The summed E-state index contributed by atoms with van der Waals surface area (Å²) >= 11 is 0. The van der Waals surface area contributed by atoms with Crippen molar-refractivity contribution >= 4 is 11.5 Å². The van der Waals surface area contributed by atoms with E-state index in [1.165, 1.54) is 5.56 Å². The minimum Gasteiger partial charge on any atom is -0.309 e. The minimum absolute atomic E-state index is 0.180. The Morgan fingerprint density at radius 3 is 2.47 bits per heavy atom. The second-order valence-corrected chi connectivity index (χ2v) is 6.78. The van der Waals surface area contributed by atoms with Crippen LogP contribution in [0.15, 0.2) is 30.3 Å². The third-order valence-electron chi connectivity index (χ3n) is 5.50. The van der Waals surface area contributed by atoms with Gasteiger partial charge in [0, 0.05) is 5.71 Å². The summed E-state index contributed by atoms with van der Waals surface area (Å²) in [4.78, 5) is 12.4. The lowest BCUT2D eigenvalue weighted by Gasteiger charge is -2.32. The van der Waals surface area contributed by atoms with E-state index in [1.807, 2.05) is 18.2 Å². The standard InChI is InChI=1S/C17H21NO/c1-11(19)17(10-12-7-5-4-6-8-12)14(18)9-13-15(17)16(13,2)3/h4-8,13,15,18H,9-10H2,1-3H3/t13-,15-,17+/m1/s1. The summed E-state index contributed by atoms with van der Waals surface area (Å²) in [6, 6.07) is 10.2. The predicted octanol–water partition coefficient (Wildman–Crippen LogP) is 3.50. The SMILES string of the molecule is CC(=O)[C@@]1(Cc2ccccc2)C(=N)C[C@@H]2[C@@H]1C2(C)C. The molecule has 19 heavy (non-hydrogen) atoms. The molecule has 3 rings (SSSR count). The first-order valence-corrected chi connectivity index (χ1v) is 7.03. The average molecular weight is 255 g/mol. The van der Waals surface area contributed by atoms with E-state index >= 15 is 0 Å². The number of hydrogen-bond donors (Lipinski definition) is 1. The summed E-state index contributed by atoms with van der Waals surface area (Å²) in [6.07, 6.45) is 1.51. The van der Waals surface area contributed by atoms with Crippen molar-refractivity contribution in [3.05, 3.63) is 35.9 Å². The van der Waals surface area contributed by atoms with Gasteiger partial charge in [-0.05, 0) is 42.6 Å². The third kappa shape index (κ3) is 1.55. The summed E-state index contributed by atoms with van der Waals surface area (Å²) < 4.78 is 0. The first-order chi connectivity index (χ1) is 8.90. The summed E-state index contributed by atoms with van der Waals surface area (Å²) in [5, 5.41) is 8.35. The van der Waals surface area contributed by atoms with Crippen LogP contribution in [-0.4, -0.2) is 11.5 Å². The van der Waals surface area contributed by atoms with E-state index in [4.69, 9.17) is 5.41 Å². The highest BCUT2D eigenvalue weighted by Crippen LogP contribution is 2.73. The molecule has 2 heteroatoms. The first-order valence-electron chi connectivity index (χ1n) is 7.03. The molecule has 3 atom stereocenters. The van der Waals surface area contributed by atoms with Crippen LogP contribution in [-0.2, 0) is 11.2 Å². The molecule has 0 radical (unpaired) electrons. The Balaban J connectivity index is 2.01. The molecule has 0 heterocycles. The number of ketones is 1. The fourth-order valence-corrected chi connectivity index (χ4v) is 4.38. The molecule has 1 aromatic rings. The zero-order valence-electron chi connectivity index (χ0n) is 11.9. The number of benzene rings is 1. The number of nitrogens with one attached hydrogen (secondary N) is 1. The molecule has 2 aliphatic rings. The number of fused-ring (bicyclic) bond motifs is 1. The zero-order chi connectivity index (χ0) is 13.8. The van der Waals surface area contributed by atoms with Crippen molar-refractivity contribution in [2.24, 2.45) is 22.7 Å². The van der Waals surface area contributed by atoms with Gasteiger partial charge in [-0.15, -0.1) is 0 Å². The van der Waals surface area contributed by atoms with Gasteiger partial charge in [0.05, 0.1) is 5.41 Å². The Labute approximate surface area is 114 Å². The second-order valence-electron chi connectivity index (χ2n) is 6.78. The molecule has 100 valence electrons. The van der Waals surface area contributed by atoms with Crippen LogP contribution in [0, 0.1) is 28.1 Å². The van der Waals surface area contributed by atoms with Crippen molar-refractivity contribution in [1.82, 2.24) is 0 Å². The Hall–Kier alpha value is -1.44. The molecule has 0 spiro atoms. The average Bonchev–Trinajstić information content (AvgIpc) is 2.74. The van der Waals surface area contributed by atoms with Gasteiger partial charge >= 0.3 is 0 Å². The third-order valence-corrected chi connectivity index (χ3v) is 5.50. The highest BCUT2D eigenvalue weighted by Gasteiger charge is 2.73. The van der Waals surface area contributed by atoms with Crippen molar-refractivity contribution in [2.75, 3.05) is 0 Å². The van der Waals surface area contributed by atoms with Crippen molar-refractivity contribution < 1.29 is 4.79 Å². The van der Waals surface area contributed by atoms with Gasteiger partial charge < -0.3 is 5.41 Å². The number of carbonyl (C=O) groups is 1. The molecule has 1 N–H and O–H groups in total. The fourth-order valence-electron chi connectivity index (χ4n) is 4.38. The number of rotatable bonds is 3. The van der Waals surface area contributed by atoms with Gasteiger partial charge in [-0.25, -0.2) is 0 Å². The molecule has 1 aromatic carbocycles. The maximum Gasteiger partial charge on any atom is 0.142 e. The van der Waals surface area contributed by atoms with Crippen molar-refractivity contribution in [1.29, 1.82) is 5.41 Å². The van der Waals surface area contributed by atoms with Gasteiger partial charge in [0.1, 0.15) is 5.78 Å². The lowest BCUT2D eigenvalue weighted by atomic mass is 9.69. The van der Waals surface area contributed by atoms with E-state index in [-0.39, 0.29) is 11.2 Å². The molecule has 0 saturated heterocycles. The van der Waals surface area contributed by atoms with Crippen LogP contribution in [0.3, 0.4) is 0 Å². The van der Waals surface area contributed by atoms with Gasteiger partial charge in [0.2, 0.25) is 0 Å². The van der Waals surface area contributed by atoms with Crippen LogP contribution >= 0.6 is 0 Å². The molecule has 0 aliphatic heterocycles. The van der Waals surface area contributed by atoms with E-state index in [1.54, 1.807) is 6.92 Å². The summed E-state index contributed by atoms with van der Waals surface area (Å²) in [5.74, 6) is 1.08. The van der Waals surface area contributed by atoms with Crippen LogP contribution < -0.4 is 0 Å². The smallest absolute Gasteiger partial charge is 0.142 e. The van der Waals surface area contributed by atoms with Crippen molar-refractivity contribution in [3.63, 3.8) is 0 Å². The molecule has 2 nitrogen and oxygen atoms in total. The second kappa shape index (κ2) is 3.78. The number of carbonyl (C=O) groups excluding carboxylic acids is 1. The van der Waals surface area contributed by atoms with E-state index in [0.717, 1.165) is 6.42 Å². The van der Waals surface area contributed by atoms with Gasteiger partial charge in [-0.3, -0.25) is 4.79 Å². The van der Waals surface area contributed by atoms with Gasteiger partial charge in [-0.2, -0.15) is 0 Å². The topological polar surface area (TPSA) is 40.9 Å². The van der Waals surface area contributed by atoms with E-state index < -0.39 is 5.41 Å². The lowest BCUT2D eigenvalue weighted by Crippen LogP contribution is -2.41. The number of hydrogen-bond acceptors (Lipinski definition) is 2. The van der Waals surface area contributed by atoms with Crippen LogP contribution in [0.1, 0.15) is 32.8 Å². The zero-order valence-corrected chi connectivity index (χ0v) is 11.9. The molecular weight excluding hydrogens is 234 g/mol. The first kappa shape index (κ1) is 12.6. The Morgan fingerprint density at radius 2 is 1.95 bits per heavy atom. The van der Waals surface area contributed by atoms with E-state index in [0.29, 0.717) is 24.0 Å². The molecule has 0 amide bonds. The Bertz CT molecular complexity index is 546. The minimum atomic E-state index is -0.532. The fraction of sp³-hybridized carbons (Fsp3) is 0.529. The van der Waals surface area contributed by atoms with Gasteiger partial charge in [0.25, 0.3) is 0 Å². The molecular formula is C17H21NO. The van der Waals surface area contributed by atoms with Crippen molar-refractivity contribution in [2.45, 2.75) is 33.6 Å². The molecule has 2 aliphatic carbocycles. The Morgan fingerprint density at radius 1 is 1.32 bits per heavy atom. The molecule has 2 saturated carbocycles. The van der Waals surface area contributed by atoms with Crippen LogP contribution in [0.4, 0.5) is 0 Å². The summed E-state index contributed by atoms with van der Waals surface area (Å²) in [5.41, 5.74) is 1.53. The maximum atomic E-state index is 12.4. The van der Waals surface area contributed by atoms with Gasteiger partial charge in [-0.1, -0.05) is 44.2 Å². The quantitative estimate of drug-likeness (QED) is 0.882. The van der Waals surface area contributed by atoms with E-state index in [2.05, 4.69) is 26.0 Å². The van der Waals surface area contributed by atoms with Crippen LogP contribution in [0.5, 0.6) is 0 Å². The number of Topliss-reactive ketones (excluding diaryl/α,β-unsaturated/α-hetero) is 1. The molecule has 2 fully saturated rings. The summed E-state index contributed by atoms with van der Waals surface area (Å²) in [6.45, 7) is 6.17. The summed E-state index contributed by atoms with van der Waals surface area (Å²) in [7, 11) is 0. The largest absolute Gasteiger partial charge is 0.309 e.